The molecule has 0 radical (unpaired) electrons. The third kappa shape index (κ3) is 6.39. The van der Waals surface area contributed by atoms with Crippen LogP contribution in [0.3, 0.4) is 0 Å². The van der Waals surface area contributed by atoms with Crippen LogP contribution in [0.5, 0.6) is 0 Å². The van der Waals surface area contributed by atoms with Crippen LogP contribution in [0.25, 0.3) is 0 Å². The molecule has 0 spiro atoms. The van der Waals surface area contributed by atoms with Crippen LogP contribution < -0.4 is 4.72 Å². The number of halogens is 1. The molecule has 0 unspecified atom stereocenters. The first-order valence-corrected chi connectivity index (χ1v) is 10.5. The summed E-state index contributed by atoms with van der Waals surface area (Å²) in [6.45, 7) is 6.16. The molecule has 5 heteroatoms. The van der Waals surface area contributed by atoms with E-state index in [1.54, 1.807) is 12.1 Å². The summed E-state index contributed by atoms with van der Waals surface area (Å²) in [5, 5.41) is 0. The van der Waals surface area contributed by atoms with Crippen molar-refractivity contribution in [2.75, 3.05) is 0 Å². The summed E-state index contributed by atoms with van der Waals surface area (Å²) in [6.07, 6.45) is 6.56. The molecule has 0 saturated heterocycles. The molecule has 3 nitrogen and oxygen atoms in total. The van der Waals surface area contributed by atoms with Gasteiger partial charge in [-0.25, -0.2) is 13.1 Å². The lowest BCUT2D eigenvalue weighted by atomic mass is 10.1. The topological polar surface area (TPSA) is 46.2 Å². The van der Waals surface area contributed by atoms with Gasteiger partial charge in [0.05, 0.1) is 4.90 Å². The van der Waals surface area contributed by atoms with E-state index in [0.29, 0.717) is 4.90 Å². The van der Waals surface area contributed by atoms with E-state index in [-0.39, 0.29) is 10.9 Å². The summed E-state index contributed by atoms with van der Waals surface area (Å²) in [6, 6.07) is 6.90. The van der Waals surface area contributed by atoms with Crippen LogP contribution in [0.1, 0.15) is 57.9 Å². The Morgan fingerprint density at radius 3 is 2.27 bits per heavy atom. The van der Waals surface area contributed by atoms with Gasteiger partial charge in [-0.05, 0) is 31.9 Å². The molecule has 0 amide bonds. The second-order valence-corrected chi connectivity index (χ2v) is 8.70. The summed E-state index contributed by atoms with van der Waals surface area (Å²) < 4.78 is 27.8. The third-order valence-electron chi connectivity index (χ3n) is 3.85. The molecule has 0 fully saturated rings. The highest BCUT2D eigenvalue weighted by molar-refractivity contribution is 9.09. The van der Waals surface area contributed by atoms with Crippen molar-refractivity contribution in [2.24, 2.45) is 0 Å². The van der Waals surface area contributed by atoms with Gasteiger partial charge in [0.25, 0.3) is 0 Å². The predicted octanol–water partition coefficient (Wildman–Crippen LogP) is 4.79. The van der Waals surface area contributed by atoms with Crippen LogP contribution in [0.15, 0.2) is 29.2 Å². The number of hydrogen-bond donors (Lipinski definition) is 1. The van der Waals surface area contributed by atoms with E-state index in [1.165, 1.54) is 19.3 Å². The number of unbranched alkanes of at least 4 members (excludes halogenated alkanes) is 3. The summed E-state index contributed by atoms with van der Waals surface area (Å²) in [7, 11) is -3.45. The summed E-state index contributed by atoms with van der Waals surface area (Å²) >= 11 is 3.67. The van der Waals surface area contributed by atoms with Gasteiger partial charge in [0, 0.05) is 10.9 Å². The Morgan fingerprint density at radius 2 is 1.73 bits per heavy atom. The average Bonchev–Trinajstić information content (AvgIpc) is 2.49. The molecule has 0 aromatic heterocycles. The molecule has 0 aliphatic heterocycles. The maximum absolute atomic E-state index is 12.5. The van der Waals surface area contributed by atoms with Crippen molar-refractivity contribution in [3.63, 3.8) is 0 Å². The smallest absolute Gasteiger partial charge is 0.207 e. The fraction of sp³-hybridized carbons (Fsp3) is 0.647. The summed E-state index contributed by atoms with van der Waals surface area (Å²) in [5.41, 5.74) is 1.06. The first kappa shape index (κ1) is 19.7. The van der Waals surface area contributed by atoms with Gasteiger partial charge in [0.2, 0.25) is 10.0 Å². The quantitative estimate of drug-likeness (QED) is 0.461. The number of aryl methyl sites for hydroxylation is 1. The molecular formula is C17H28BrNO2S. The van der Waals surface area contributed by atoms with E-state index in [9.17, 15) is 8.42 Å². The molecule has 0 heterocycles. The number of nitrogens with one attached hydrogen (secondary N) is 1. The SMILES string of the molecule is CCCCCC[C@@H](Br)[C@H](CC)NS(=O)(=O)c1ccc(C)cc1. The number of hydrogen-bond acceptors (Lipinski definition) is 2. The minimum absolute atomic E-state index is 0.0760. The zero-order valence-corrected chi connectivity index (χ0v) is 16.2. The average molecular weight is 390 g/mol. The summed E-state index contributed by atoms with van der Waals surface area (Å²) in [5.74, 6) is 0. The van der Waals surface area contributed by atoms with Gasteiger partial charge in [-0.2, -0.15) is 0 Å². The van der Waals surface area contributed by atoms with Crippen LogP contribution in [0.2, 0.25) is 0 Å². The predicted molar refractivity (Wildman–Crippen MR) is 97.1 cm³/mol. The van der Waals surface area contributed by atoms with Crippen molar-refractivity contribution in [3.8, 4) is 0 Å². The number of alkyl halides is 1. The van der Waals surface area contributed by atoms with E-state index in [1.807, 2.05) is 26.0 Å². The molecule has 1 aromatic rings. The van der Waals surface area contributed by atoms with E-state index < -0.39 is 10.0 Å². The molecule has 1 N–H and O–H groups in total. The molecular weight excluding hydrogens is 362 g/mol. The second-order valence-electron chi connectivity index (χ2n) is 5.81. The molecule has 0 bridgehead atoms. The first-order chi connectivity index (χ1) is 10.4. The molecule has 22 heavy (non-hydrogen) atoms. The van der Waals surface area contributed by atoms with Gasteiger partial charge in [-0.3, -0.25) is 0 Å². The lowest BCUT2D eigenvalue weighted by Crippen LogP contribution is -2.40. The molecule has 0 saturated carbocycles. The largest absolute Gasteiger partial charge is 0.240 e. The Labute approximate surface area is 144 Å². The van der Waals surface area contributed by atoms with Gasteiger partial charge < -0.3 is 0 Å². The lowest BCUT2D eigenvalue weighted by molar-refractivity contribution is 0.502. The Bertz CT molecular complexity index is 528. The second kappa shape index (κ2) is 9.68. The van der Waals surface area contributed by atoms with E-state index in [2.05, 4.69) is 27.6 Å². The molecule has 2 atom stereocenters. The monoisotopic (exact) mass is 389 g/mol. The zero-order valence-electron chi connectivity index (χ0n) is 13.8. The molecule has 1 aromatic carbocycles. The highest BCUT2D eigenvalue weighted by Gasteiger charge is 2.23. The van der Waals surface area contributed by atoms with E-state index in [4.69, 9.17) is 0 Å². The minimum atomic E-state index is -3.45. The fourth-order valence-electron chi connectivity index (χ4n) is 2.36. The Hall–Kier alpha value is -0.390. The normalized spacial score (nSPS) is 14.7. The van der Waals surface area contributed by atoms with Crippen molar-refractivity contribution >= 4 is 26.0 Å². The van der Waals surface area contributed by atoms with E-state index in [0.717, 1.165) is 24.8 Å². The Morgan fingerprint density at radius 1 is 1.09 bits per heavy atom. The standard InChI is InChI=1S/C17H28BrNO2S/c1-4-6-7-8-9-16(18)17(5-2)19-22(20,21)15-12-10-14(3)11-13-15/h10-13,16-17,19H,4-9H2,1-3H3/t16-,17+/m1/s1. The van der Waals surface area contributed by atoms with Crippen LogP contribution in [0.4, 0.5) is 0 Å². The van der Waals surface area contributed by atoms with Crippen molar-refractivity contribution < 1.29 is 8.42 Å². The molecule has 0 aliphatic rings. The first-order valence-electron chi connectivity index (χ1n) is 8.13. The van der Waals surface area contributed by atoms with Gasteiger partial charge >= 0.3 is 0 Å². The highest BCUT2D eigenvalue weighted by Crippen LogP contribution is 2.20. The van der Waals surface area contributed by atoms with Crippen LogP contribution in [-0.4, -0.2) is 19.3 Å². The number of benzene rings is 1. The van der Waals surface area contributed by atoms with Gasteiger partial charge in [0.15, 0.2) is 0 Å². The maximum Gasteiger partial charge on any atom is 0.240 e. The third-order valence-corrected chi connectivity index (χ3v) is 6.45. The van der Waals surface area contributed by atoms with Crippen molar-refractivity contribution in [1.29, 1.82) is 0 Å². The molecule has 0 aliphatic carbocycles. The number of rotatable bonds is 10. The highest BCUT2D eigenvalue weighted by atomic mass is 79.9. The minimum Gasteiger partial charge on any atom is -0.207 e. The molecule has 126 valence electrons. The Balaban J connectivity index is 2.65. The summed E-state index contributed by atoms with van der Waals surface area (Å²) in [4.78, 5) is 0.511. The number of sulfonamides is 1. The van der Waals surface area contributed by atoms with E-state index >= 15 is 0 Å². The van der Waals surface area contributed by atoms with Gasteiger partial charge in [-0.1, -0.05) is 73.2 Å². The van der Waals surface area contributed by atoms with Gasteiger partial charge in [0.1, 0.15) is 0 Å². The van der Waals surface area contributed by atoms with Crippen molar-refractivity contribution in [2.45, 2.75) is 75.1 Å². The molecule has 1 rings (SSSR count). The van der Waals surface area contributed by atoms with Crippen molar-refractivity contribution in [1.82, 2.24) is 4.72 Å². The van der Waals surface area contributed by atoms with Crippen LogP contribution in [0, 0.1) is 6.92 Å². The van der Waals surface area contributed by atoms with Gasteiger partial charge in [-0.15, -0.1) is 0 Å². The maximum atomic E-state index is 12.5. The Kier molecular flexibility index (Phi) is 8.65. The van der Waals surface area contributed by atoms with Crippen LogP contribution >= 0.6 is 15.9 Å². The van der Waals surface area contributed by atoms with Crippen molar-refractivity contribution in [3.05, 3.63) is 29.8 Å². The lowest BCUT2D eigenvalue weighted by Gasteiger charge is -2.22. The fourth-order valence-corrected chi connectivity index (χ4v) is 4.73. The van der Waals surface area contributed by atoms with Crippen LogP contribution in [-0.2, 0) is 10.0 Å². The zero-order chi connectivity index (χ0) is 16.6.